The van der Waals surface area contributed by atoms with Crippen LogP contribution in [0.3, 0.4) is 0 Å². The highest BCUT2D eigenvalue weighted by atomic mass is 16.6. The van der Waals surface area contributed by atoms with Gasteiger partial charge in [-0.3, -0.25) is 0 Å². The third-order valence-corrected chi connectivity index (χ3v) is 3.11. The van der Waals surface area contributed by atoms with E-state index in [0.29, 0.717) is 17.7 Å². The zero-order valence-corrected chi connectivity index (χ0v) is 17.7. The van der Waals surface area contributed by atoms with Crippen molar-refractivity contribution in [2.45, 2.75) is 66.2 Å². The first-order valence-corrected chi connectivity index (χ1v) is 9.10. The van der Waals surface area contributed by atoms with Crippen LogP contribution in [0, 0.1) is 0 Å². The molecule has 0 atom stereocenters. The van der Waals surface area contributed by atoms with E-state index >= 15 is 0 Å². The predicted molar refractivity (Wildman–Crippen MR) is 107 cm³/mol. The van der Waals surface area contributed by atoms with Gasteiger partial charge in [0.05, 0.1) is 6.54 Å². The first-order chi connectivity index (χ1) is 12.8. The number of benzene rings is 1. The van der Waals surface area contributed by atoms with E-state index in [1.54, 1.807) is 65.8 Å². The number of carbonyl (C=O) groups is 2. The van der Waals surface area contributed by atoms with Crippen molar-refractivity contribution in [2.24, 2.45) is 10.9 Å². The van der Waals surface area contributed by atoms with Gasteiger partial charge in [-0.25, -0.2) is 14.5 Å². The largest absolute Gasteiger partial charge is 0.443 e. The number of oxime groups is 1. The highest BCUT2D eigenvalue weighted by Crippen LogP contribution is 2.17. The highest BCUT2D eigenvalue weighted by molar-refractivity contribution is 5.97. The van der Waals surface area contributed by atoms with Crippen LogP contribution >= 0.6 is 0 Å². The summed E-state index contributed by atoms with van der Waals surface area (Å²) >= 11 is 0. The standard InChI is InChI=1S/C20H31N3O5/c1-8-26-22-16(21)15-11-9-14(10-12-15)13-23(17(24)27-19(2,3)4)18(25)28-20(5,6)7/h9-12H,8,13H2,1-7H3,(H2,21,22). The molecule has 0 aliphatic heterocycles. The fourth-order valence-electron chi connectivity index (χ4n) is 1.99. The van der Waals surface area contributed by atoms with Crippen LogP contribution in [0.5, 0.6) is 0 Å². The zero-order valence-electron chi connectivity index (χ0n) is 17.7. The molecule has 0 unspecified atom stereocenters. The molecule has 0 radical (unpaired) electrons. The lowest BCUT2D eigenvalue weighted by atomic mass is 10.1. The lowest BCUT2D eigenvalue weighted by molar-refractivity contribution is -0.000246. The second-order valence-corrected chi connectivity index (χ2v) is 8.14. The number of nitrogens with zero attached hydrogens (tertiary/aromatic N) is 2. The molecule has 0 aliphatic rings. The fraction of sp³-hybridized carbons (Fsp3) is 0.550. The minimum Gasteiger partial charge on any atom is -0.443 e. The maximum absolute atomic E-state index is 12.5. The van der Waals surface area contributed by atoms with Gasteiger partial charge in [-0.15, -0.1) is 0 Å². The van der Waals surface area contributed by atoms with Crippen molar-refractivity contribution in [3.05, 3.63) is 35.4 Å². The number of amides is 2. The normalized spacial score (nSPS) is 12.3. The predicted octanol–water partition coefficient (Wildman–Crippen LogP) is 4.02. The Labute approximate surface area is 166 Å². The van der Waals surface area contributed by atoms with E-state index in [1.807, 2.05) is 6.92 Å². The first kappa shape index (κ1) is 23.3. The maximum Gasteiger partial charge on any atom is 0.420 e. The van der Waals surface area contributed by atoms with E-state index in [1.165, 1.54) is 0 Å². The number of amidine groups is 1. The van der Waals surface area contributed by atoms with Crippen molar-refractivity contribution in [3.63, 3.8) is 0 Å². The topological polar surface area (TPSA) is 103 Å². The molecule has 8 heteroatoms. The van der Waals surface area contributed by atoms with Crippen molar-refractivity contribution < 1.29 is 23.9 Å². The van der Waals surface area contributed by atoms with Crippen molar-refractivity contribution in [1.82, 2.24) is 4.90 Å². The summed E-state index contributed by atoms with van der Waals surface area (Å²) in [5, 5.41) is 3.78. The first-order valence-electron chi connectivity index (χ1n) is 9.10. The molecule has 0 bridgehead atoms. The van der Waals surface area contributed by atoms with Crippen LogP contribution in [-0.2, 0) is 20.9 Å². The molecule has 8 nitrogen and oxygen atoms in total. The van der Waals surface area contributed by atoms with Crippen LogP contribution in [0.4, 0.5) is 9.59 Å². The summed E-state index contributed by atoms with van der Waals surface area (Å²) in [5.41, 5.74) is 5.71. The number of hydrogen-bond acceptors (Lipinski definition) is 6. The third kappa shape index (κ3) is 8.28. The quantitative estimate of drug-likeness (QED) is 0.460. The molecule has 0 heterocycles. The molecule has 156 valence electrons. The Kier molecular flexibility index (Phi) is 7.84. The number of hydrogen-bond donors (Lipinski definition) is 1. The van der Waals surface area contributed by atoms with E-state index in [0.717, 1.165) is 4.90 Å². The molecule has 2 amide bonds. The summed E-state index contributed by atoms with van der Waals surface area (Å²) in [6.45, 7) is 12.6. The minimum atomic E-state index is -0.775. The molecule has 1 aromatic carbocycles. The van der Waals surface area contributed by atoms with Gasteiger partial charge in [0.15, 0.2) is 5.84 Å². The molecule has 0 saturated carbocycles. The Morgan fingerprint density at radius 3 is 1.82 bits per heavy atom. The molecular weight excluding hydrogens is 362 g/mol. The third-order valence-electron chi connectivity index (χ3n) is 3.11. The second kappa shape index (κ2) is 9.43. The second-order valence-electron chi connectivity index (χ2n) is 8.14. The monoisotopic (exact) mass is 393 g/mol. The van der Waals surface area contributed by atoms with Crippen molar-refractivity contribution in [2.75, 3.05) is 6.61 Å². The maximum atomic E-state index is 12.5. The molecule has 0 fully saturated rings. The number of imide groups is 1. The van der Waals surface area contributed by atoms with Crippen LogP contribution in [-0.4, -0.2) is 40.7 Å². The average molecular weight is 393 g/mol. The molecule has 28 heavy (non-hydrogen) atoms. The number of carbonyl (C=O) groups excluding carboxylic acids is 2. The molecular formula is C20H31N3O5. The smallest absolute Gasteiger partial charge is 0.420 e. The van der Waals surface area contributed by atoms with Crippen LogP contribution in [0.15, 0.2) is 29.4 Å². The average Bonchev–Trinajstić information content (AvgIpc) is 2.54. The van der Waals surface area contributed by atoms with Gasteiger partial charge in [-0.05, 0) is 54.0 Å². The zero-order chi connectivity index (χ0) is 21.5. The van der Waals surface area contributed by atoms with Gasteiger partial charge in [0, 0.05) is 5.56 Å². The molecule has 1 rings (SSSR count). The fourth-order valence-corrected chi connectivity index (χ4v) is 1.99. The summed E-state index contributed by atoms with van der Waals surface area (Å²) < 4.78 is 10.7. The summed E-state index contributed by atoms with van der Waals surface area (Å²) in [4.78, 5) is 30.9. The van der Waals surface area contributed by atoms with E-state index in [9.17, 15) is 9.59 Å². The molecule has 0 aliphatic carbocycles. The van der Waals surface area contributed by atoms with Crippen molar-refractivity contribution >= 4 is 18.0 Å². The highest BCUT2D eigenvalue weighted by Gasteiger charge is 2.31. The van der Waals surface area contributed by atoms with Gasteiger partial charge in [0.25, 0.3) is 0 Å². The van der Waals surface area contributed by atoms with Gasteiger partial charge in [0.2, 0.25) is 0 Å². The molecule has 0 spiro atoms. The van der Waals surface area contributed by atoms with Crippen LogP contribution in [0.1, 0.15) is 59.6 Å². The SMILES string of the molecule is CCO/N=C(\N)c1ccc(CN(C(=O)OC(C)(C)C)C(=O)OC(C)(C)C)cc1. The number of nitrogens with two attached hydrogens (primary N) is 1. The van der Waals surface area contributed by atoms with Crippen LogP contribution in [0.25, 0.3) is 0 Å². The number of ether oxygens (including phenoxy) is 2. The Balaban J connectivity index is 3.02. The molecule has 0 aromatic heterocycles. The lowest BCUT2D eigenvalue weighted by Crippen LogP contribution is -2.43. The van der Waals surface area contributed by atoms with E-state index < -0.39 is 23.4 Å². The van der Waals surface area contributed by atoms with E-state index in [-0.39, 0.29) is 12.4 Å². The van der Waals surface area contributed by atoms with Gasteiger partial charge >= 0.3 is 12.2 Å². The minimum absolute atomic E-state index is 0.00733. The van der Waals surface area contributed by atoms with Gasteiger partial charge in [-0.1, -0.05) is 29.4 Å². The van der Waals surface area contributed by atoms with Gasteiger partial charge in [-0.2, -0.15) is 0 Å². The summed E-state index contributed by atoms with van der Waals surface area (Å²) in [6, 6.07) is 6.95. The van der Waals surface area contributed by atoms with Crippen LogP contribution in [0.2, 0.25) is 0 Å². The van der Waals surface area contributed by atoms with Crippen LogP contribution < -0.4 is 5.73 Å². The Bertz CT molecular complexity index is 672. The molecule has 0 saturated heterocycles. The number of rotatable bonds is 5. The Morgan fingerprint density at radius 2 is 1.43 bits per heavy atom. The van der Waals surface area contributed by atoms with Gasteiger partial charge in [0.1, 0.15) is 17.8 Å². The van der Waals surface area contributed by atoms with E-state index in [2.05, 4.69) is 5.16 Å². The summed E-state index contributed by atoms with van der Waals surface area (Å²) in [6.07, 6.45) is -1.55. The Morgan fingerprint density at radius 1 is 0.964 bits per heavy atom. The van der Waals surface area contributed by atoms with Crippen molar-refractivity contribution in [1.29, 1.82) is 0 Å². The van der Waals surface area contributed by atoms with Gasteiger partial charge < -0.3 is 20.0 Å². The summed E-state index contributed by atoms with van der Waals surface area (Å²) in [5.74, 6) is 0.240. The molecule has 1 aromatic rings. The lowest BCUT2D eigenvalue weighted by Gasteiger charge is -2.28. The van der Waals surface area contributed by atoms with E-state index in [4.69, 9.17) is 20.0 Å². The van der Waals surface area contributed by atoms with Crippen molar-refractivity contribution in [3.8, 4) is 0 Å². The molecule has 2 N–H and O–H groups in total. The summed E-state index contributed by atoms with van der Waals surface area (Å²) in [7, 11) is 0. The Hall–Kier alpha value is -2.77.